The summed E-state index contributed by atoms with van der Waals surface area (Å²) in [5.41, 5.74) is 5.24. The van der Waals surface area contributed by atoms with Crippen molar-refractivity contribution in [2.75, 3.05) is 7.11 Å². The van der Waals surface area contributed by atoms with E-state index in [0.29, 0.717) is 0 Å². The van der Waals surface area contributed by atoms with Gasteiger partial charge in [-0.3, -0.25) is 10.1 Å². The number of methoxy groups -OCH3 is 1. The highest BCUT2D eigenvalue weighted by molar-refractivity contribution is 5.95. The van der Waals surface area contributed by atoms with Crippen molar-refractivity contribution in [3.8, 4) is 17.0 Å². The predicted octanol–water partition coefficient (Wildman–Crippen LogP) is 4.25. The summed E-state index contributed by atoms with van der Waals surface area (Å²) in [5.74, 6) is 0.808. The minimum absolute atomic E-state index is 0.188. The van der Waals surface area contributed by atoms with Crippen LogP contribution >= 0.6 is 0 Å². The molecule has 0 unspecified atom stereocenters. The lowest BCUT2D eigenvalue weighted by Gasteiger charge is -2.10. The van der Waals surface area contributed by atoms with Crippen molar-refractivity contribution in [1.29, 1.82) is 0 Å². The van der Waals surface area contributed by atoms with Gasteiger partial charge in [0, 0.05) is 24.0 Å². The van der Waals surface area contributed by atoms with Gasteiger partial charge in [-0.05, 0) is 48.6 Å². The monoisotopic (exact) mass is 322 g/mol. The van der Waals surface area contributed by atoms with E-state index in [1.54, 1.807) is 19.2 Å². The van der Waals surface area contributed by atoms with Crippen LogP contribution in [0, 0.1) is 10.1 Å². The Kier molecular flexibility index (Phi) is 3.30. The molecule has 24 heavy (non-hydrogen) atoms. The molecule has 0 bridgehead atoms. The van der Waals surface area contributed by atoms with Gasteiger partial charge in [0.1, 0.15) is 5.75 Å². The van der Waals surface area contributed by atoms with Crippen LogP contribution in [0.4, 0.5) is 5.69 Å². The van der Waals surface area contributed by atoms with Crippen LogP contribution in [0.1, 0.15) is 17.5 Å². The first-order valence-electron chi connectivity index (χ1n) is 8.03. The molecule has 1 aliphatic rings. The zero-order valence-corrected chi connectivity index (χ0v) is 13.7. The first-order valence-corrected chi connectivity index (χ1v) is 8.03. The molecular formula is C19H18N2O3. The maximum Gasteiger partial charge on any atom is 0.278 e. The quantitative estimate of drug-likeness (QED) is 0.523. The minimum atomic E-state index is -0.272. The first kappa shape index (κ1) is 14.8. The molecule has 0 saturated heterocycles. The number of ether oxygens (including phenoxy) is 1. The van der Waals surface area contributed by atoms with Crippen LogP contribution in [-0.2, 0) is 19.9 Å². The van der Waals surface area contributed by atoms with Crippen LogP contribution in [0.5, 0.6) is 5.75 Å². The number of aryl methyl sites for hydroxylation is 3. The van der Waals surface area contributed by atoms with Gasteiger partial charge in [-0.1, -0.05) is 12.1 Å². The second-order valence-corrected chi connectivity index (χ2v) is 6.19. The lowest BCUT2D eigenvalue weighted by molar-refractivity contribution is -0.384. The molecule has 0 N–H and O–H groups in total. The maximum absolute atomic E-state index is 11.6. The van der Waals surface area contributed by atoms with Crippen molar-refractivity contribution >= 4 is 16.6 Å². The van der Waals surface area contributed by atoms with Gasteiger partial charge in [-0.15, -0.1) is 0 Å². The lowest BCUT2D eigenvalue weighted by atomic mass is 10.00. The number of benzene rings is 2. The van der Waals surface area contributed by atoms with Gasteiger partial charge in [0.25, 0.3) is 5.69 Å². The summed E-state index contributed by atoms with van der Waals surface area (Å²) in [5, 5.41) is 12.7. The number of aromatic nitrogens is 1. The van der Waals surface area contributed by atoms with Crippen molar-refractivity contribution in [2.45, 2.75) is 19.3 Å². The molecule has 0 radical (unpaired) electrons. The topological polar surface area (TPSA) is 57.3 Å². The van der Waals surface area contributed by atoms with Gasteiger partial charge >= 0.3 is 0 Å². The van der Waals surface area contributed by atoms with Gasteiger partial charge < -0.3 is 9.30 Å². The standard InChI is InChI=1S/C19H18N2O3/c1-20-16-10-9-13(24-2)11-15(16)14-7-3-5-12-6-4-8-17(21(22)23)18(12)19(14)20/h4,6,8-11H,3,5,7H2,1-2H3. The summed E-state index contributed by atoms with van der Waals surface area (Å²) in [6.07, 6.45) is 2.75. The second-order valence-electron chi connectivity index (χ2n) is 6.19. The SMILES string of the molecule is COc1ccc2c(c1)c1c(n2C)-c2c(cccc2[N+](=O)[O-])CCC1. The van der Waals surface area contributed by atoms with E-state index >= 15 is 0 Å². The fraction of sp³-hybridized carbons (Fsp3) is 0.263. The van der Waals surface area contributed by atoms with E-state index in [2.05, 4.69) is 4.57 Å². The minimum Gasteiger partial charge on any atom is -0.497 e. The smallest absolute Gasteiger partial charge is 0.278 e. The van der Waals surface area contributed by atoms with Crippen molar-refractivity contribution in [3.63, 3.8) is 0 Å². The lowest BCUT2D eigenvalue weighted by Crippen LogP contribution is -2.00. The Hall–Kier alpha value is -2.82. The molecule has 0 saturated carbocycles. The molecule has 1 aliphatic carbocycles. The molecule has 1 heterocycles. The van der Waals surface area contributed by atoms with Gasteiger partial charge in [0.15, 0.2) is 0 Å². The number of nitrogens with zero attached hydrogens (tertiary/aromatic N) is 2. The molecule has 0 spiro atoms. The molecule has 122 valence electrons. The van der Waals surface area contributed by atoms with E-state index in [-0.39, 0.29) is 10.6 Å². The van der Waals surface area contributed by atoms with Gasteiger partial charge in [-0.25, -0.2) is 0 Å². The fourth-order valence-electron chi connectivity index (χ4n) is 3.87. The zero-order valence-electron chi connectivity index (χ0n) is 13.7. The van der Waals surface area contributed by atoms with E-state index in [0.717, 1.165) is 52.7 Å². The van der Waals surface area contributed by atoms with Crippen LogP contribution in [0.2, 0.25) is 0 Å². The number of nitro benzene ring substituents is 1. The highest BCUT2D eigenvalue weighted by atomic mass is 16.6. The molecule has 0 atom stereocenters. The number of hydrogen-bond acceptors (Lipinski definition) is 3. The molecule has 5 heteroatoms. The largest absolute Gasteiger partial charge is 0.497 e. The Balaban J connectivity index is 2.12. The Morgan fingerprint density at radius 1 is 1.21 bits per heavy atom. The molecule has 5 nitrogen and oxygen atoms in total. The van der Waals surface area contributed by atoms with Gasteiger partial charge in [0.05, 0.1) is 23.3 Å². The average molecular weight is 322 g/mol. The summed E-state index contributed by atoms with van der Waals surface area (Å²) in [4.78, 5) is 11.3. The van der Waals surface area contributed by atoms with Gasteiger partial charge in [0.2, 0.25) is 0 Å². The fourth-order valence-corrected chi connectivity index (χ4v) is 3.87. The number of nitro groups is 1. The summed E-state index contributed by atoms with van der Waals surface area (Å²) in [6, 6.07) is 11.4. The molecular weight excluding hydrogens is 304 g/mol. The van der Waals surface area contributed by atoms with E-state index in [1.807, 2.05) is 31.3 Å². The number of hydrogen-bond donors (Lipinski definition) is 0. The maximum atomic E-state index is 11.6. The van der Waals surface area contributed by atoms with Crippen LogP contribution in [0.3, 0.4) is 0 Å². The molecule has 4 rings (SSSR count). The third kappa shape index (κ3) is 2.01. The molecule has 0 fully saturated rings. The average Bonchev–Trinajstić information content (AvgIpc) is 2.74. The van der Waals surface area contributed by atoms with Crippen LogP contribution < -0.4 is 4.74 Å². The van der Waals surface area contributed by atoms with Crippen molar-refractivity contribution < 1.29 is 9.66 Å². The summed E-state index contributed by atoms with van der Waals surface area (Å²) in [7, 11) is 3.64. The first-order chi connectivity index (χ1) is 11.6. The van der Waals surface area contributed by atoms with Crippen LogP contribution in [-0.4, -0.2) is 16.6 Å². The third-order valence-corrected chi connectivity index (χ3v) is 4.95. The Morgan fingerprint density at radius 2 is 2.04 bits per heavy atom. The number of fused-ring (bicyclic) bond motifs is 5. The van der Waals surface area contributed by atoms with Gasteiger partial charge in [-0.2, -0.15) is 0 Å². The number of rotatable bonds is 2. The van der Waals surface area contributed by atoms with Crippen molar-refractivity contribution in [1.82, 2.24) is 4.57 Å². The summed E-state index contributed by atoms with van der Waals surface area (Å²) >= 11 is 0. The third-order valence-electron chi connectivity index (χ3n) is 4.95. The molecule has 3 aromatic rings. The highest BCUT2D eigenvalue weighted by Crippen LogP contribution is 2.43. The van der Waals surface area contributed by atoms with Crippen molar-refractivity contribution in [3.05, 3.63) is 57.6 Å². The summed E-state index contributed by atoms with van der Waals surface area (Å²) in [6.45, 7) is 0. The van der Waals surface area contributed by atoms with E-state index in [1.165, 1.54) is 5.56 Å². The second kappa shape index (κ2) is 5.37. The molecule has 2 aromatic carbocycles. The van der Waals surface area contributed by atoms with E-state index in [9.17, 15) is 10.1 Å². The van der Waals surface area contributed by atoms with E-state index in [4.69, 9.17) is 4.74 Å². The highest BCUT2D eigenvalue weighted by Gasteiger charge is 2.28. The van der Waals surface area contributed by atoms with Crippen LogP contribution in [0.15, 0.2) is 36.4 Å². The predicted molar refractivity (Wildman–Crippen MR) is 93.6 cm³/mol. The summed E-state index contributed by atoms with van der Waals surface area (Å²) < 4.78 is 7.45. The Bertz CT molecular complexity index is 972. The Morgan fingerprint density at radius 3 is 2.79 bits per heavy atom. The Labute approximate surface area is 139 Å². The van der Waals surface area contributed by atoms with E-state index < -0.39 is 0 Å². The normalized spacial score (nSPS) is 13.2. The molecule has 0 amide bonds. The molecule has 1 aromatic heterocycles. The van der Waals surface area contributed by atoms with Crippen LogP contribution in [0.25, 0.3) is 22.2 Å². The van der Waals surface area contributed by atoms with Crippen molar-refractivity contribution in [2.24, 2.45) is 7.05 Å². The zero-order chi connectivity index (χ0) is 16.8. The molecule has 0 aliphatic heterocycles.